The van der Waals surface area contributed by atoms with Gasteiger partial charge in [0, 0.05) is 13.2 Å². The van der Waals surface area contributed by atoms with Gasteiger partial charge in [-0.15, -0.1) is 0 Å². The number of unbranched alkanes of at least 4 members (excludes halogenated alkanes) is 2. The number of rotatable bonds is 8. The smallest absolute Gasteiger partial charge is 0.380 e. The Hall–Kier alpha value is -0.210. The molecular weight excluding hydrogens is 246 g/mol. The topological polar surface area (TPSA) is 76.1 Å². The Morgan fingerprint density at radius 1 is 1.18 bits per heavy atom. The minimum Gasteiger partial charge on any atom is -0.380 e. The Morgan fingerprint density at radius 2 is 1.71 bits per heavy atom. The summed E-state index contributed by atoms with van der Waals surface area (Å²) >= 11 is 0. The summed E-state index contributed by atoms with van der Waals surface area (Å²) in [6.45, 7) is 5.05. The fraction of sp³-hybridized carbons (Fsp3) is 1.00. The Morgan fingerprint density at radius 3 is 2.06 bits per heavy atom. The molecule has 0 atom stereocenters. The third kappa shape index (κ3) is 25.8. The summed E-state index contributed by atoms with van der Waals surface area (Å²) in [4.78, 5) is 2.14. The lowest BCUT2D eigenvalue weighted by Crippen LogP contribution is -2.18. The zero-order valence-corrected chi connectivity index (χ0v) is 12.0. The van der Waals surface area contributed by atoms with Gasteiger partial charge in [-0.2, -0.15) is 8.42 Å². The first-order valence-corrected chi connectivity index (χ1v) is 6.95. The van der Waals surface area contributed by atoms with E-state index in [2.05, 4.69) is 30.1 Å². The number of hydrogen-bond acceptors (Lipinski definition) is 5. The lowest BCUT2D eigenvalue weighted by molar-refractivity contribution is 0.114. The largest absolute Gasteiger partial charge is 0.397 e. The molecule has 0 rings (SSSR count). The summed E-state index contributed by atoms with van der Waals surface area (Å²) in [6, 6.07) is 0. The molecule has 0 unspecified atom stereocenters. The molecule has 0 fully saturated rings. The van der Waals surface area contributed by atoms with Crippen molar-refractivity contribution in [3.05, 3.63) is 0 Å². The third-order valence-electron chi connectivity index (χ3n) is 1.79. The van der Waals surface area contributed by atoms with Crippen LogP contribution in [0.1, 0.15) is 26.2 Å². The van der Waals surface area contributed by atoms with Gasteiger partial charge >= 0.3 is 10.4 Å². The van der Waals surface area contributed by atoms with Crippen molar-refractivity contribution in [3.8, 4) is 0 Å². The Kier molecular flexibility index (Phi) is 13.8. The first-order valence-electron chi connectivity index (χ1n) is 5.59. The van der Waals surface area contributed by atoms with E-state index >= 15 is 0 Å². The second kappa shape index (κ2) is 12.3. The van der Waals surface area contributed by atoms with Crippen LogP contribution in [0.25, 0.3) is 0 Å². The van der Waals surface area contributed by atoms with Gasteiger partial charge in [0.15, 0.2) is 0 Å². The van der Waals surface area contributed by atoms with Gasteiger partial charge in [-0.3, -0.25) is 8.74 Å². The van der Waals surface area contributed by atoms with Gasteiger partial charge < -0.3 is 9.64 Å². The minimum atomic E-state index is -4.16. The highest BCUT2D eigenvalue weighted by molar-refractivity contribution is 7.80. The second-order valence-corrected chi connectivity index (χ2v) is 4.91. The van der Waals surface area contributed by atoms with E-state index in [9.17, 15) is 8.42 Å². The summed E-state index contributed by atoms with van der Waals surface area (Å²) in [6.07, 6.45) is 3.78. The number of nitrogens with zero attached hydrogens (tertiary/aromatic N) is 1. The lowest BCUT2D eigenvalue weighted by atomic mass is 10.3. The van der Waals surface area contributed by atoms with Crippen molar-refractivity contribution in [1.82, 2.24) is 4.90 Å². The summed E-state index contributed by atoms with van der Waals surface area (Å²) in [5.74, 6) is 0. The standard InChI is InChI=1S/C9H21NO.CH4O4S/c1-4-5-6-8-11-9-7-10(2)3;1-5-6(2,3)4/h4-9H2,1-3H3;1H3,(H,2,3,4). The van der Waals surface area contributed by atoms with Crippen LogP contribution < -0.4 is 0 Å². The number of likely N-dealkylation sites (N-methyl/N-ethyl adjacent to an activating group) is 1. The molecule has 0 saturated heterocycles. The zero-order chi connectivity index (χ0) is 13.7. The van der Waals surface area contributed by atoms with E-state index in [1.807, 2.05) is 0 Å². The molecule has 0 aliphatic heterocycles. The van der Waals surface area contributed by atoms with Crippen molar-refractivity contribution in [1.29, 1.82) is 0 Å². The van der Waals surface area contributed by atoms with Gasteiger partial charge in [-0.25, -0.2) is 0 Å². The molecule has 0 saturated carbocycles. The molecule has 0 radical (unpaired) electrons. The van der Waals surface area contributed by atoms with E-state index in [1.54, 1.807) is 0 Å². The van der Waals surface area contributed by atoms with Crippen LogP contribution in [0.2, 0.25) is 0 Å². The van der Waals surface area contributed by atoms with Crippen LogP contribution in [0.3, 0.4) is 0 Å². The van der Waals surface area contributed by atoms with Crippen LogP contribution in [0, 0.1) is 0 Å². The Bertz CT molecular complexity index is 241. The Balaban J connectivity index is 0. The van der Waals surface area contributed by atoms with E-state index in [1.165, 1.54) is 19.3 Å². The normalized spacial score (nSPS) is 11.2. The third-order valence-corrected chi connectivity index (χ3v) is 2.21. The lowest BCUT2D eigenvalue weighted by Gasteiger charge is -2.09. The molecule has 0 heterocycles. The summed E-state index contributed by atoms with van der Waals surface area (Å²) in [5, 5.41) is 0. The van der Waals surface area contributed by atoms with Crippen LogP contribution in [0.15, 0.2) is 0 Å². The molecule has 7 heteroatoms. The number of hydrogen-bond donors (Lipinski definition) is 1. The maximum Gasteiger partial charge on any atom is 0.397 e. The van der Waals surface area contributed by atoms with Crippen LogP contribution in [0.5, 0.6) is 0 Å². The molecule has 0 aliphatic carbocycles. The Labute approximate surface area is 105 Å². The molecule has 0 aromatic heterocycles. The molecule has 0 aromatic rings. The van der Waals surface area contributed by atoms with E-state index in [4.69, 9.17) is 9.29 Å². The minimum absolute atomic E-state index is 0.870. The first kappa shape index (κ1) is 19.1. The van der Waals surface area contributed by atoms with Gasteiger partial charge in [-0.05, 0) is 20.5 Å². The molecule has 0 aromatic carbocycles. The van der Waals surface area contributed by atoms with Gasteiger partial charge in [0.2, 0.25) is 0 Å². The number of ether oxygens (including phenoxy) is 1. The zero-order valence-electron chi connectivity index (χ0n) is 11.2. The SMILES string of the molecule is CCCCCOCCN(C)C.COS(=O)(=O)O. The predicted molar refractivity (Wildman–Crippen MR) is 67.5 cm³/mol. The van der Waals surface area contributed by atoms with E-state index in [0.29, 0.717) is 0 Å². The second-order valence-electron chi connectivity index (χ2n) is 3.72. The fourth-order valence-electron chi connectivity index (χ4n) is 0.803. The fourth-order valence-corrected chi connectivity index (χ4v) is 0.803. The van der Waals surface area contributed by atoms with Gasteiger partial charge in [0.1, 0.15) is 0 Å². The highest BCUT2D eigenvalue weighted by Crippen LogP contribution is 1.93. The summed E-state index contributed by atoms with van der Waals surface area (Å²) < 4.78 is 35.1. The van der Waals surface area contributed by atoms with Gasteiger partial charge in [0.25, 0.3) is 0 Å². The maximum atomic E-state index is 9.33. The summed E-state index contributed by atoms with van der Waals surface area (Å²) in [7, 11) is 0.838. The van der Waals surface area contributed by atoms with Crippen molar-refractivity contribution >= 4 is 10.4 Å². The quantitative estimate of drug-likeness (QED) is 0.528. The molecular formula is C10H25NO5S. The van der Waals surface area contributed by atoms with Crippen LogP contribution in [0.4, 0.5) is 0 Å². The van der Waals surface area contributed by atoms with Crippen molar-refractivity contribution in [2.45, 2.75) is 26.2 Å². The highest BCUT2D eigenvalue weighted by Gasteiger charge is 1.94. The van der Waals surface area contributed by atoms with E-state index in [-0.39, 0.29) is 0 Å². The molecule has 0 spiro atoms. The monoisotopic (exact) mass is 271 g/mol. The highest BCUT2D eigenvalue weighted by atomic mass is 32.3. The van der Waals surface area contributed by atoms with Crippen molar-refractivity contribution < 1.29 is 21.9 Å². The molecule has 0 bridgehead atoms. The van der Waals surface area contributed by atoms with Gasteiger partial charge in [0.05, 0.1) is 13.7 Å². The van der Waals surface area contributed by atoms with Crippen molar-refractivity contribution in [2.75, 3.05) is 41.0 Å². The predicted octanol–water partition coefficient (Wildman–Crippen LogP) is 1.19. The van der Waals surface area contributed by atoms with Crippen LogP contribution >= 0.6 is 0 Å². The average Bonchev–Trinajstić information content (AvgIpc) is 2.23. The molecule has 0 amide bonds. The maximum absolute atomic E-state index is 9.33. The molecule has 17 heavy (non-hydrogen) atoms. The van der Waals surface area contributed by atoms with E-state index in [0.717, 1.165) is 26.9 Å². The molecule has 0 aliphatic rings. The summed E-state index contributed by atoms with van der Waals surface area (Å²) in [5.41, 5.74) is 0. The molecule has 1 N–H and O–H groups in total. The van der Waals surface area contributed by atoms with Crippen molar-refractivity contribution in [2.24, 2.45) is 0 Å². The van der Waals surface area contributed by atoms with Crippen molar-refractivity contribution in [3.63, 3.8) is 0 Å². The average molecular weight is 271 g/mol. The van der Waals surface area contributed by atoms with Crippen LogP contribution in [-0.2, 0) is 19.3 Å². The molecule has 106 valence electrons. The molecule has 6 nitrogen and oxygen atoms in total. The first-order chi connectivity index (χ1) is 7.83. The van der Waals surface area contributed by atoms with Crippen LogP contribution in [-0.4, -0.2) is 58.8 Å². The van der Waals surface area contributed by atoms with E-state index < -0.39 is 10.4 Å². The van der Waals surface area contributed by atoms with Gasteiger partial charge in [-0.1, -0.05) is 19.8 Å².